The molecule has 0 aromatic rings. The van der Waals surface area contributed by atoms with E-state index >= 15 is 0 Å². The predicted octanol–water partition coefficient (Wildman–Crippen LogP) is 14.4. The molecule has 0 saturated carbocycles. The summed E-state index contributed by atoms with van der Waals surface area (Å²) in [5.41, 5.74) is 0. The van der Waals surface area contributed by atoms with Crippen LogP contribution < -0.4 is 0 Å². The highest BCUT2D eigenvalue weighted by molar-refractivity contribution is 6.75. The number of carbonyl (C=O) groups excluding carboxylic acids is 1. The van der Waals surface area contributed by atoms with Crippen LogP contribution in [0.2, 0.25) is 18.1 Å². The lowest BCUT2D eigenvalue weighted by Crippen LogP contribution is -2.40. The first-order valence-electron chi connectivity index (χ1n) is 19.5. The molecule has 0 N–H and O–H groups in total. The highest BCUT2D eigenvalue weighted by Crippen LogP contribution is 2.31. The van der Waals surface area contributed by atoms with Gasteiger partial charge in [-0.3, -0.25) is 0 Å². The van der Waals surface area contributed by atoms with Crippen molar-refractivity contribution in [3.8, 4) is 0 Å². The summed E-state index contributed by atoms with van der Waals surface area (Å²) in [6.45, 7) is 10.6. The molecule has 0 radical (unpaired) electrons. The Labute approximate surface area is 267 Å². The van der Waals surface area contributed by atoms with Crippen molar-refractivity contribution in [1.82, 2.24) is 0 Å². The van der Waals surface area contributed by atoms with E-state index in [-0.39, 0.29) is 5.97 Å². The van der Waals surface area contributed by atoms with Gasteiger partial charge in [-0.1, -0.05) is 220 Å². The molecule has 0 amide bonds. The minimum Gasteiger partial charge on any atom is -0.516 e. The zero-order chi connectivity index (χ0) is 30.8. The zero-order valence-electron chi connectivity index (χ0n) is 29.4. The summed E-state index contributed by atoms with van der Waals surface area (Å²) in [5, 5.41) is 0. The summed E-state index contributed by atoms with van der Waals surface area (Å²) in [4.78, 5) is 12.6. The van der Waals surface area contributed by atoms with E-state index < -0.39 is 8.32 Å². The van der Waals surface area contributed by atoms with Gasteiger partial charge in [-0.05, 0) is 18.1 Å². The van der Waals surface area contributed by atoms with Crippen LogP contribution in [0.25, 0.3) is 0 Å². The number of carbonyl (C=O) groups is 1. The molecule has 0 aliphatic carbocycles. The number of hydrogen-bond acceptors (Lipinski definition) is 2. The molecule has 0 saturated heterocycles. The summed E-state index contributed by atoms with van der Waals surface area (Å²) < 4.78 is 6.42. The van der Waals surface area contributed by atoms with E-state index in [0.717, 1.165) is 0 Å². The van der Waals surface area contributed by atoms with E-state index in [1.165, 1.54) is 217 Å². The van der Waals surface area contributed by atoms with Gasteiger partial charge in [0.2, 0.25) is 0 Å². The lowest BCUT2D eigenvalue weighted by atomic mass is 10.1. The monoisotopic (exact) mass is 607 g/mol. The van der Waals surface area contributed by atoms with Gasteiger partial charge in [-0.2, -0.15) is 0 Å². The molecule has 0 spiro atoms. The van der Waals surface area contributed by atoms with Crippen molar-refractivity contribution in [2.24, 2.45) is 0 Å². The van der Waals surface area contributed by atoms with Crippen LogP contribution in [0.3, 0.4) is 0 Å². The second-order valence-corrected chi connectivity index (χ2v) is 17.7. The van der Waals surface area contributed by atoms with Gasteiger partial charge in [0.1, 0.15) is 0 Å². The molecule has 0 unspecified atom stereocenters. The predicted molar refractivity (Wildman–Crippen MR) is 192 cm³/mol. The standard InChI is InChI=1S/C39H78O2Si/c1-5-9-12-15-18-21-24-27-30-33-36-42(41-39(40)8-4,37-34-31-28-25-22-19-16-13-10-6-2)38-35-32-29-26-23-20-17-14-11-7-3/h8H,4-7,9-38H2,1-3H3. The van der Waals surface area contributed by atoms with Crippen molar-refractivity contribution in [2.75, 3.05) is 0 Å². The number of rotatable bonds is 35. The minimum absolute atomic E-state index is 0.145. The molecule has 0 heterocycles. The average Bonchev–Trinajstić information content (AvgIpc) is 3.00. The fraction of sp³-hybridized carbons (Fsp3) is 0.923. The molecule has 0 fully saturated rings. The normalized spacial score (nSPS) is 11.7. The Morgan fingerprint density at radius 1 is 0.429 bits per heavy atom. The van der Waals surface area contributed by atoms with Crippen LogP contribution in [0.5, 0.6) is 0 Å². The van der Waals surface area contributed by atoms with E-state index in [4.69, 9.17) is 4.43 Å². The van der Waals surface area contributed by atoms with E-state index in [2.05, 4.69) is 27.4 Å². The van der Waals surface area contributed by atoms with Crippen LogP contribution in [-0.4, -0.2) is 14.3 Å². The summed E-state index contributed by atoms with van der Waals surface area (Å²) >= 11 is 0. The largest absolute Gasteiger partial charge is 0.516 e. The van der Waals surface area contributed by atoms with Crippen molar-refractivity contribution in [3.05, 3.63) is 12.7 Å². The highest BCUT2D eigenvalue weighted by Gasteiger charge is 2.36. The maximum atomic E-state index is 12.6. The lowest BCUT2D eigenvalue weighted by Gasteiger charge is -2.31. The second-order valence-electron chi connectivity index (χ2n) is 13.6. The molecule has 0 aromatic heterocycles. The van der Waals surface area contributed by atoms with Crippen LogP contribution in [0.1, 0.15) is 213 Å². The Morgan fingerprint density at radius 3 is 0.857 bits per heavy atom. The minimum atomic E-state index is -2.07. The van der Waals surface area contributed by atoms with Gasteiger partial charge in [0, 0.05) is 6.08 Å². The quantitative estimate of drug-likeness (QED) is 0.0407. The smallest absolute Gasteiger partial charge is 0.316 e. The van der Waals surface area contributed by atoms with Crippen molar-refractivity contribution in [1.29, 1.82) is 0 Å². The Bertz CT molecular complexity index is 501. The Morgan fingerprint density at radius 2 is 0.643 bits per heavy atom. The Hall–Kier alpha value is -0.573. The molecular weight excluding hydrogens is 529 g/mol. The maximum absolute atomic E-state index is 12.6. The van der Waals surface area contributed by atoms with Crippen LogP contribution in [0.4, 0.5) is 0 Å². The first-order valence-corrected chi connectivity index (χ1v) is 22.0. The molecular formula is C39H78O2Si. The van der Waals surface area contributed by atoms with Crippen LogP contribution >= 0.6 is 0 Å². The van der Waals surface area contributed by atoms with E-state index in [1.807, 2.05) is 0 Å². The van der Waals surface area contributed by atoms with Gasteiger partial charge in [-0.25, -0.2) is 4.79 Å². The summed E-state index contributed by atoms with van der Waals surface area (Å²) in [7, 11) is -2.07. The zero-order valence-corrected chi connectivity index (χ0v) is 30.4. The summed E-state index contributed by atoms with van der Waals surface area (Å²) in [5.74, 6) is -0.145. The third-order valence-corrected chi connectivity index (χ3v) is 13.9. The third-order valence-electron chi connectivity index (χ3n) is 9.44. The lowest BCUT2D eigenvalue weighted by molar-refractivity contribution is -0.129. The summed E-state index contributed by atoms with van der Waals surface area (Å²) in [6.07, 6.45) is 42.4. The van der Waals surface area contributed by atoms with Crippen LogP contribution in [0, 0.1) is 0 Å². The Balaban J connectivity index is 4.64. The van der Waals surface area contributed by atoms with E-state index in [0.29, 0.717) is 0 Å². The van der Waals surface area contributed by atoms with Crippen molar-refractivity contribution < 1.29 is 9.22 Å². The molecule has 0 bridgehead atoms. The Kier molecular flexibility index (Phi) is 32.9. The molecule has 0 rings (SSSR count). The van der Waals surface area contributed by atoms with Crippen LogP contribution in [0.15, 0.2) is 12.7 Å². The van der Waals surface area contributed by atoms with E-state index in [1.54, 1.807) is 0 Å². The first-order chi connectivity index (χ1) is 20.6. The van der Waals surface area contributed by atoms with Crippen molar-refractivity contribution >= 4 is 14.3 Å². The molecule has 0 atom stereocenters. The molecule has 2 nitrogen and oxygen atoms in total. The SMILES string of the molecule is C=CC(=O)O[Si](CCCCCCCCCCCC)(CCCCCCCCCCCC)CCCCCCCCCCCC. The van der Waals surface area contributed by atoms with E-state index in [9.17, 15) is 4.79 Å². The highest BCUT2D eigenvalue weighted by atomic mass is 28.4. The van der Waals surface area contributed by atoms with Gasteiger partial charge in [0.15, 0.2) is 0 Å². The second kappa shape index (κ2) is 33.3. The molecule has 3 heteroatoms. The van der Waals surface area contributed by atoms with Gasteiger partial charge < -0.3 is 4.43 Å². The summed E-state index contributed by atoms with van der Waals surface area (Å²) in [6, 6.07) is 3.54. The topological polar surface area (TPSA) is 26.3 Å². The van der Waals surface area contributed by atoms with Crippen LogP contribution in [-0.2, 0) is 9.22 Å². The van der Waals surface area contributed by atoms with Crippen molar-refractivity contribution in [2.45, 2.75) is 232 Å². The molecule has 42 heavy (non-hydrogen) atoms. The van der Waals surface area contributed by atoms with Gasteiger partial charge >= 0.3 is 5.97 Å². The van der Waals surface area contributed by atoms with Crippen molar-refractivity contribution in [3.63, 3.8) is 0 Å². The number of unbranched alkanes of at least 4 members (excludes halogenated alkanes) is 27. The molecule has 0 aliphatic heterocycles. The van der Waals surface area contributed by atoms with Gasteiger partial charge in [0.25, 0.3) is 8.32 Å². The van der Waals surface area contributed by atoms with Gasteiger partial charge in [-0.15, -0.1) is 0 Å². The maximum Gasteiger partial charge on any atom is 0.316 e. The molecule has 0 aliphatic rings. The first kappa shape index (κ1) is 41.4. The number of hydrogen-bond donors (Lipinski definition) is 0. The fourth-order valence-electron chi connectivity index (χ4n) is 6.59. The van der Waals surface area contributed by atoms with Gasteiger partial charge in [0.05, 0.1) is 0 Å². The third kappa shape index (κ3) is 28.2. The average molecular weight is 607 g/mol. The fourth-order valence-corrected chi connectivity index (χ4v) is 10.8. The molecule has 0 aromatic carbocycles. The molecule has 250 valence electrons.